The molecule has 0 aromatic heterocycles. The van der Waals surface area contributed by atoms with Gasteiger partial charge in [0.2, 0.25) is 12.7 Å². The van der Waals surface area contributed by atoms with Crippen molar-refractivity contribution in [2.75, 3.05) is 20.0 Å². The molecule has 0 spiro atoms. The van der Waals surface area contributed by atoms with Gasteiger partial charge in [-0.15, -0.1) is 0 Å². The lowest BCUT2D eigenvalue weighted by Gasteiger charge is -2.42. The Morgan fingerprint density at radius 1 is 1.24 bits per heavy atom. The second-order valence-electron chi connectivity index (χ2n) is 6.30. The summed E-state index contributed by atoms with van der Waals surface area (Å²) in [6.45, 7) is 3.17. The number of rotatable bonds is 6. The average molecular weight is 379 g/mol. The highest BCUT2D eigenvalue weighted by Gasteiger charge is 2.72. The molecule has 1 amide bonds. The zero-order valence-corrected chi connectivity index (χ0v) is 14.9. The molecule has 2 saturated heterocycles. The van der Waals surface area contributed by atoms with Gasteiger partial charge in [0.15, 0.2) is 9.84 Å². The summed E-state index contributed by atoms with van der Waals surface area (Å²) in [4.78, 5) is 36.4. The van der Waals surface area contributed by atoms with E-state index in [1.807, 2.05) is 0 Å². The Labute approximate surface area is 144 Å². The summed E-state index contributed by atoms with van der Waals surface area (Å²) < 4.78 is 37.5. The fraction of sp³-hybridized carbons (Fsp3) is 0.786. The maximum atomic E-state index is 12.6. The van der Waals surface area contributed by atoms with Crippen LogP contribution >= 0.6 is 0 Å². The van der Waals surface area contributed by atoms with E-state index in [1.165, 1.54) is 13.8 Å². The largest absolute Gasteiger partial charge is 0.511 e. The molecule has 0 aromatic carbocycles. The minimum Gasteiger partial charge on any atom is -0.434 e. The summed E-state index contributed by atoms with van der Waals surface area (Å²) in [7, 11) is -3.90. The monoisotopic (exact) mass is 379 g/mol. The lowest BCUT2D eigenvalue weighted by Crippen LogP contribution is -2.64. The van der Waals surface area contributed by atoms with Gasteiger partial charge in [-0.25, -0.2) is 18.0 Å². The minimum absolute atomic E-state index is 0.146. The summed E-state index contributed by atoms with van der Waals surface area (Å²) in [6, 6.07) is -1.38. The molecule has 0 unspecified atom stereocenters. The second-order valence-corrected chi connectivity index (χ2v) is 8.93. The molecule has 3 atom stereocenters. The molecule has 0 bridgehead atoms. The van der Waals surface area contributed by atoms with Crippen molar-refractivity contribution in [2.45, 2.75) is 43.4 Å². The number of carbonyl (C=O) groups excluding carboxylic acids is 3. The fourth-order valence-corrected chi connectivity index (χ4v) is 5.30. The van der Waals surface area contributed by atoms with E-state index in [2.05, 4.69) is 9.47 Å². The van der Waals surface area contributed by atoms with E-state index in [0.717, 1.165) is 4.90 Å². The van der Waals surface area contributed by atoms with Gasteiger partial charge in [0.05, 0.1) is 23.9 Å². The van der Waals surface area contributed by atoms with Crippen molar-refractivity contribution < 1.29 is 42.1 Å². The third-order valence-corrected chi connectivity index (χ3v) is 7.28. The highest BCUT2D eigenvalue weighted by Crippen LogP contribution is 2.48. The quantitative estimate of drug-likeness (QED) is 0.364. The van der Waals surface area contributed by atoms with E-state index in [0.29, 0.717) is 6.42 Å². The first-order valence-electron chi connectivity index (χ1n) is 7.73. The highest BCUT2D eigenvalue weighted by molar-refractivity contribution is 7.93. The molecule has 142 valence electrons. The summed E-state index contributed by atoms with van der Waals surface area (Å²) in [6.07, 6.45) is -0.431. The summed E-state index contributed by atoms with van der Waals surface area (Å²) in [5.74, 6) is -2.72. The highest BCUT2D eigenvalue weighted by atomic mass is 32.2. The van der Waals surface area contributed by atoms with Crippen LogP contribution in [-0.2, 0) is 33.6 Å². The van der Waals surface area contributed by atoms with Crippen LogP contribution in [0, 0.1) is 5.92 Å². The molecular formula is C14H21NO9S. The standard InChI is InChI=1S/C14H21NO9S/c1-4-5-22-13(19)24-7-23-12(18)9-14(2,3)25(20,21)11-8(6-16)10(17)15(9)11/h8-9,11,16H,4-7H2,1-3H3/t8-,9+,11-/m1/s1. The molecule has 2 rings (SSSR count). The van der Waals surface area contributed by atoms with Crippen LogP contribution in [0.4, 0.5) is 4.79 Å². The van der Waals surface area contributed by atoms with Gasteiger partial charge in [0, 0.05) is 0 Å². The SMILES string of the molecule is CCCOC(=O)OCOC(=O)[C@@H]1N2C(=O)[C@@H](CO)[C@H]2S(=O)(=O)C1(C)C. The number of hydrogen-bond acceptors (Lipinski definition) is 9. The number of carbonyl (C=O) groups is 3. The molecule has 0 aliphatic carbocycles. The van der Waals surface area contributed by atoms with Gasteiger partial charge in [-0.3, -0.25) is 4.79 Å². The van der Waals surface area contributed by atoms with Crippen molar-refractivity contribution in [1.82, 2.24) is 4.90 Å². The van der Waals surface area contributed by atoms with Crippen LogP contribution in [-0.4, -0.2) is 72.6 Å². The van der Waals surface area contributed by atoms with E-state index in [1.54, 1.807) is 6.92 Å². The Morgan fingerprint density at radius 2 is 1.88 bits per heavy atom. The Balaban J connectivity index is 2.06. The predicted molar refractivity (Wildman–Crippen MR) is 81.7 cm³/mol. The molecule has 2 fully saturated rings. The summed E-state index contributed by atoms with van der Waals surface area (Å²) in [5.41, 5.74) is 0. The number of aliphatic hydroxyl groups excluding tert-OH is 1. The molecule has 0 aromatic rings. The van der Waals surface area contributed by atoms with E-state index in [-0.39, 0.29) is 6.61 Å². The number of aliphatic hydroxyl groups is 1. The zero-order valence-electron chi connectivity index (χ0n) is 14.1. The zero-order chi connectivity index (χ0) is 19.0. The van der Waals surface area contributed by atoms with Crippen LogP contribution in [0.1, 0.15) is 27.2 Å². The van der Waals surface area contributed by atoms with Crippen molar-refractivity contribution in [3.05, 3.63) is 0 Å². The van der Waals surface area contributed by atoms with Gasteiger partial charge in [-0.2, -0.15) is 0 Å². The van der Waals surface area contributed by atoms with E-state index in [4.69, 9.17) is 4.74 Å². The van der Waals surface area contributed by atoms with Crippen molar-refractivity contribution in [3.8, 4) is 0 Å². The molecular weight excluding hydrogens is 358 g/mol. The van der Waals surface area contributed by atoms with E-state index in [9.17, 15) is 27.9 Å². The first kappa shape index (κ1) is 19.4. The van der Waals surface area contributed by atoms with Crippen molar-refractivity contribution >= 4 is 27.9 Å². The lowest BCUT2D eigenvalue weighted by atomic mass is 9.92. The fourth-order valence-electron chi connectivity index (χ4n) is 3.00. The Bertz CT molecular complexity index is 672. The van der Waals surface area contributed by atoms with E-state index < -0.39 is 63.3 Å². The number of ether oxygens (including phenoxy) is 3. The molecule has 2 aliphatic heterocycles. The van der Waals surface area contributed by atoms with Crippen molar-refractivity contribution in [2.24, 2.45) is 5.92 Å². The van der Waals surface area contributed by atoms with Gasteiger partial charge in [-0.05, 0) is 20.3 Å². The minimum atomic E-state index is -3.90. The van der Waals surface area contributed by atoms with E-state index >= 15 is 0 Å². The molecule has 1 N–H and O–H groups in total. The maximum absolute atomic E-state index is 12.6. The Hall–Kier alpha value is -1.88. The third kappa shape index (κ3) is 2.95. The number of nitrogens with zero attached hydrogens (tertiary/aromatic N) is 1. The smallest absolute Gasteiger partial charge is 0.434 e. The average Bonchev–Trinajstić information content (AvgIpc) is 2.67. The number of amides is 1. The lowest BCUT2D eigenvalue weighted by molar-refractivity contribution is -0.173. The number of sulfone groups is 1. The molecule has 2 heterocycles. The van der Waals surface area contributed by atoms with Crippen LogP contribution in [0.3, 0.4) is 0 Å². The van der Waals surface area contributed by atoms with Crippen LogP contribution in [0.2, 0.25) is 0 Å². The van der Waals surface area contributed by atoms with Crippen LogP contribution in [0.25, 0.3) is 0 Å². The first-order chi connectivity index (χ1) is 11.6. The number of esters is 1. The van der Waals surface area contributed by atoms with Crippen molar-refractivity contribution in [1.29, 1.82) is 0 Å². The molecule has 11 heteroatoms. The first-order valence-corrected chi connectivity index (χ1v) is 9.28. The Kier molecular flexibility index (Phi) is 5.28. The predicted octanol–water partition coefficient (Wildman–Crippen LogP) is -0.597. The van der Waals surface area contributed by atoms with Crippen LogP contribution in [0.5, 0.6) is 0 Å². The number of hydrogen-bond donors (Lipinski definition) is 1. The molecule has 2 aliphatic rings. The van der Waals surface area contributed by atoms with Gasteiger partial charge in [0.1, 0.15) is 11.4 Å². The van der Waals surface area contributed by atoms with Gasteiger partial charge in [0.25, 0.3) is 0 Å². The van der Waals surface area contributed by atoms with Crippen LogP contribution < -0.4 is 0 Å². The topological polar surface area (TPSA) is 137 Å². The maximum Gasteiger partial charge on any atom is 0.511 e. The third-order valence-electron chi connectivity index (χ3n) is 4.40. The summed E-state index contributed by atoms with van der Waals surface area (Å²) in [5, 5.41) is 7.95. The molecule has 25 heavy (non-hydrogen) atoms. The second kappa shape index (κ2) is 6.79. The number of β-lactam (4-membered cyclic amide) rings is 1. The van der Waals surface area contributed by atoms with Gasteiger partial charge in [-0.1, -0.05) is 6.92 Å². The Morgan fingerprint density at radius 3 is 2.44 bits per heavy atom. The van der Waals surface area contributed by atoms with Gasteiger partial charge >= 0.3 is 12.1 Å². The van der Waals surface area contributed by atoms with Crippen molar-refractivity contribution in [3.63, 3.8) is 0 Å². The number of fused-ring (bicyclic) bond motifs is 1. The van der Waals surface area contributed by atoms with Crippen LogP contribution in [0.15, 0.2) is 0 Å². The van der Waals surface area contributed by atoms with Gasteiger partial charge < -0.3 is 24.2 Å². The molecule has 10 nitrogen and oxygen atoms in total. The molecule has 0 saturated carbocycles. The summed E-state index contributed by atoms with van der Waals surface area (Å²) >= 11 is 0. The molecule has 0 radical (unpaired) electrons. The normalized spacial score (nSPS) is 28.7.